The van der Waals surface area contributed by atoms with Crippen LogP contribution in [0.25, 0.3) is 0 Å². The van der Waals surface area contributed by atoms with Crippen LogP contribution >= 0.6 is 0 Å². The van der Waals surface area contributed by atoms with Crippen LogP contribution in [-0.4, -0.2) is 51.3 Å². The van der Waals surface area contributed by atoms with Gasteiger partial charge in [-0.25, -0.2) is 4.99 Å². The molecule has 0 bridgehead atoms. The number of hydrogen-bond acceptors (Lipinski definition) is 4. The van der Waals surface area contributed by atoms with Crippen molar-refractivity contribution in [3.63, 3.8) is 0 Å². The lowest BCUT2D eigenvalue weighted by atomic mass is 10.1. The van der Waals surface area contributed by atoms with Gasteiger partial charge in [-0.3, -0.25) is 4.79 Å². The van der Waals surface area contributed by atoms with Gasteiger partial charge in [-0.15, -0.1) is 0 Å². The van der Waals surface area contributed by atoms with Crippen LogP contribution in [0.1, 0.15) is 39.7 Å². The van der Waals surface area contributed by atoms with Crippen molar-refractivity contribution in [2.45, 2.75) is 40.5 Å². The third kappa shape index (κ3) is 9.17. The largest absolute Gasteiger partial charge is 0.490 e. The third-order valence-electron chi connectivity index (χ3n) is 3.61. The minimum atomic E-state index is -0.0677. The predicted octanol–water partition coefficient (Wildman–Crippen LogP) is 2.11. The summed E-state index contributed by atoms with van der Waals surface area (Å²) in [6, 6.07) is 6.00. The number of ether oxygens (including phenoxy) is 2. The molecule has 0 unspecified atom stereocenters. The number of guanidine groups is 1. The zero-order chi connectivity index (χ0) is 19.9. The molecule has 0 aliphatic rings. The standard InChI is InChI=1S/C20H34N4O3/c1-5-12-22-19(25)15-24-20(21-6-2)23-13-11-16-9-10-17(26-7-3)18(14-16)27-8-4/h9-10,14H,5-8,11-13,15H2,1-4H3,(H,22,25)(H2,21,23,24). The van der Waals surface area contributed by atoms with Gasteiger partial charge in [-0.1, -0.05) is 13.0 Å². The first-order valence-corrected chi connectivity index (χ1v) is 9.81. The van der Waals surface area contributed by atoms with E-state index in [0.29, 0.717) is 32.3 Å². The van der Waals surface area contributed by atoms with Crippen LogP contribution in [0.5, 0.6) is 11.5 Å². The second-order valence-electron chi connectivity index (χ2n) is 5.87. The van der Waals surface area contributed by atoms with Gasteiger partial charge in [0.1, 0.15) is 6.54 Å². The number of carbonyl (C=O) groups is 1. The summed E-state index contributed by atoms with van der Waals surface area (Å²) in [4.78, 5) is 16.0. The SMILES string of the molecule is CCCNC(=O)CN=C(NCC)NCCc1ccc(OCC)c(OCC)c1. The van der Waals surface area contributed by atoms with Crippen LogP contribution in [0.15, 0.2) is 23.2 Å². The highest BCUT2D eigenvalue weighted by atomic mass is 16.5. The third-order valence-corrected chi connectivity index (χ3v) is 3.61. The summed E-state index contributed by atoms with van der Waals surface area (Å²) < 4.78 is 11.3. The van der Waals surface area contributed by atoms with Gasteiger partial charge in [-0.05, 0) is 51.3 Å². The van der Waals surface area contributed by atoms with Crippen LogP contribution in [0.4, 0.5) is 0 Å². The number of rotatable bonds is 12. The van der Waals surface area contributed by atoms with E-state index in [9.17, 15) is 4.79 Å². The van der Waals surface area contributed by atoms with E-state index in [1.807, 2.05) is 45.9 Å². The molecule has 7 nitrogen and oxygen atoms in total. The molecule has 0 aliphatic carbocycles. The van der Waals surface area contributed by atoms with Crippen LogP contribution in [0.2, 0.25) is 0 Å². The smallest absolute Gasteiger partial charge is 0.241 e. The molecule has 0 saturated carbocycles. The fraction of sp³-hybridized carbons (Fsp3) is 0.600. The Morgan fingerprint density at radius 2 is 1.70 bits per heavy atom. The Morgan fingerprint density at radius 1 is 0.963 bits per heavy atom. The summed E-state index contributed by atoms with van der Waals surface area (Å²) in [5.41, 5.74) is 1.14. The monoisotopic (exact) mass is 378 g/mol. The van der Waals surface area contributed by atoms with Crippen LogP contribution in [0.3, 0.4) is 0 Å². The molecule has 1 rings (SSSR count). The maximum Gasteiger partial charge on any atom is 0.241 e. The van der Waals surface area contributed by atoms with Crippen molar-refractivity contribution in [2.24, 2.45) is 4.99 Å². The van der Waals surface area contributed by atoms with E-state index >= 15 is 0 Å². The molecule has 1 amide bonds. The molecule has 0 fully saturated rings. The summed E-state index contributed by atoms with van der Waals surface area (Å²) in [6.07, 6.45) is 1.72. The second-order valence-corrected chi connectivity index (χ2v) is 5.87. The molecule has 0 spiro atoms. The first-order chi connectivity index (χ1) is 13.1. The first kappa shape index (κ1) is 22.6. The number of amides is 1. The Labute approximate surface area is 162 Å². The molecule has 0 atom stereocenters. The number of hydrogen-bond donors (Lipinski definition) is 3. The van der Waals surface area contributed by atoms with Crippen molar-refractivity contribution >= 4 is 11.9 Å². The Hall–Kier alpha value is -2.44. The average Bonchev–Trinajstić information content (AvgIpc) is 2.66. The first-order valence-electron chi connectivity index (χ1n) is 9.81. The number of nitrogens with one attached hydrogen (secondary N) is 3. The lowest BCUT2D eigenvalue weighted by Crippen LogP contribution is -2.39. The van der Waals surface area contributed by atoms with Crippen LogP contribution in [0, 0.1) is 0 Å². The quantitative estimate of drug-likeness (QED) is 0.383. The van der Waals surface area contributed by atoms with Gasteiger partial charge in [0.2, 0.25) is 5.91 Å². The molecule has 152 valence electrons. The summed E-state index contributed by atoms with van der Waals surface area (Å²) in [7, 11) is 0. The molecule has 3 N–H and O–H groups in total. The maximum absolute atomic E-state index is 11.7. The van der Waals surface area contributed by atoms with Crippen molar-refractivity contribution in [1.29, 1.82) is 0 Å². The van der Waals surface area contributed by atoms with Crippen molar-refractivity contribution in [1.82, 2.24) is 16.0 Å². The lowest BCUT2D eigenvalue weighted by Gasteiger charge is -2.14. The summed E-state index contributed by atoms with van der Waals surface area (Å²) >= 11 is 0. The van der Waals surface area contributed by atoms with E-state index < -0.39 is 0 Å². The van der Waals surface area contributed by atoms with Crippen molar-refractivity contribution in [2.75, 3.05) is 39.4 Å². The zero-order valence-corrected chi connectivity index (χ0v) is 17.1. The van der Waals surface area contributed by atoms with E-state index in [4.69, 9.17) is 9.47 Å². The Morgan fingerprint density at radius 3 is 2.37 bits per heavy atom. The van der Waals surface area contributed by atoms with Gasteiger partial charge in [0, 0.05) is 19.6 Å². The fourth-order valence-electron chi connectivity index (χ4n) is 2.39. The Kier molecular flexibility index (Phi) is 11.5. The van der Waals surface area contributed by atoms with Crippen LogP contribution < -0.4 is 25.4 Å². The van der Waals surface area contributed by atoms with Gasteiger partial charge in [0.25, 0.3) is 0 Å². The Balaban J connectivity index is 2.59. The van der Waals surface area contributed by atoms with E-state index in [0.717, 1.165) is 36.4 Å². The number of nitrogens with zero attached hydrogens (tertiary/aromatic N) is 1. The molecular formula is C20H34N4O3. The lowest BCUT2D eigenvalue weighted by molar-refractivity contribution is -0.119. The molecule has 27 heavy (non-hydrogen) atoms. The summed E-state index contributed by atoms with van der Waals surface area (Å²) in [5.74, 6) is 2.11. The molecule has 0 aromatic heterocycles. The molecule has 0 aliphatic heterocycles. The van der Waals surface area contributed by atoms with E-state index in [1.165, 1.54) is 0 Å². The fourth-order valence-corrected chi connectivity index (χ4v) is 2.39. The molecular weight excluding hydrogens is 344 g/mol. The molecule has 0 heterocycles. The minimum absolute atomic E-state index is 0.0677. The van der Waals surface area contributed by atoms with E-state index in [-0.39, 0.29) is 12.5 Å². The topological polar surface area (TPSA) is 84.0 Å². The molecule has 1 aromatic carbocycles. The van der Waals surface area contributed by atoms with Gasteiger partial charge in [0.05, 0.1) is 13.2 Å². The van der Waals surface area contributed by atoms with Crippen molar-refractivity contribution in [3.05, 3.63) is 23.8 Å². The minimum Gasteiger partial charge on any atom is -0.490 e. The summed E-state index contributed by atoms with van der Waals surface area (Å²) in [6.45, 7) is 11.4. The number of carbonyl (C=O) groups excluding carboxylic acids is 1. The molecule has 7 heteroatoms. The van der Waals surface area contributed by atoms with Crippen molar-refractivity contribution in [3.8, 4) is 11.5 Å². The van der Waals surface area contributed by atoms with Crippen LogP contribution in [-0.2, 0) is 11.2 Å². The number of aliphatic imine (C=N–C) groups is 1. The Bertz CT molecular complexity index is 591. The van der Waals surface area contributed by atoms with Gasteiger partial charge >= 0.3 is 0 Å². The van der Waals surface area contributed by atoms with Gasteiger partial charge in [-0.2, -0.15) is 0 Å². The highest BCUT2D eigenvalue weighted by molar-refractivity contribution is 5.84. The molecule has 1 aromatic rings. The number of benzene rings is 1. The zero-order valence-electron chi connectivity index (χ0n) is 17.1. The normalized spacial score (nSPS) is 11.0. The highest BCUT2D eigenvalue weighted by Gasteiger charge is 2.07. The van der Waals surface area contributed by atoms with E-state index in [1.54, 1.807) is 0 Å². The van der Waals surface area contributed by atoms with Gasteiger partial charge in [0.15, 0.2) is 17.5 Å². The highest BCUT2D eigenvalue weighted by Crippen LogP contribution is 2.28. The predicted molar refractivity (Wildman–Crippen MR) is 110 cm³/mol. The second kappa shape index (κ2) is 13.7. The average molecular weight is 379 g/mol. The maximum atomic E-state index is 11.7. The van der Waals surface area contributed by atoms with Gasteiger partial charge < -0.3 is 25.4 Å². The summed E-state index contributed by atoms with van der Waals surface area (Å²) in [5, 5.41) is 9.23. The molecule has 0 saturated heterocycles. The van der Waals surface area contributed by atoms with E-state index in [2.05, 4.69) is 20.9 Å². The molecule has 0 radical (unpaired) electrons. The van der Waals surface area contributed by atoms with Crippen molar-refractivity contribution < 1.29 is 14.3 Å².